The largest absolute Gasteiger partial charge is 1.00 e. The summed E-state index contributed by atoms with van der Waals surface area (Å²) >= 11 is 0. The van der Waals surface area contributed by atoms with Crippen LogP contribution in [0.15, 0.2) is 24.5 Å². The van der Waals surface area contributed by atoms with Crippen molar-refractivity contribution in [2.24, 2.45) is 0 Å². The van der Waals surface area contributed by atoms with Crippen molar-refractivity contribution in [3.8, 4) is 0 Å². The molecule has 1 aromatic rings. The third-order valence-electron chi connectivity index (χ3n) is 1.34. The molecular formula is C8H8LiNO2. The molecule has 1 aromatic heterocycles. The number of hydrogen-bond donors (Lipinski definition) is 0. The zero-order chi connectivity index (χ0) is 8.10. The van der Waals surface area contributed by atoms with Gasteiger partial charge in [0.1, 0.15) is 0 Å². The Bertz CT molecular complexity index is 238. The number of hydrogen-bond acceptors (Lipinski definition) is 3. The molecule has 3 nitrogen and oxygen atoms in total. The van der Waals surface area contributed by atoms with Crippen LogP contribution in [0.25, 0.3) is 0 Å². The molecule has 12 heavy (non-hydrogen) atoms. The SMILES string of the molecule is O=C([O-])CCc1cccnc1.[Li+]. The maximum atomic E-state index is 10.0. The molecule has 0 fully saturated rings. The van der Waals surface area contributed by atoms with Crippen LogP contribution in [0.1, 0.15) is 12.0 Å². The smallest absolute Gasteiger partial charge is 0.550 e. The normalized spacial score (nSPS) is 8.67. The van der Waals surface area contributed by atoms with E-state index in [2.05, 4.69) is 4.98 Å². The minimum absolute atomic E-state index is 0. The summed E-state index contributed by atoms with van der Waals surface area (Å²) in [4.78, 5) is 13.9. The van der Waals surface area contributed by atoms with Crippen LogP contribution in [0.4, 0.5) is 0 Å². The number of carboxylic acids is 1. The average Bonchev–Trinajstić information content (AvgIpc) is 2.03. The molecule has 0 aliphatic rings. The molecule has 58 valence electrons. The quantitative estimate of drug-likeness (QED) is 0.433. The fraction of sp³-hybridized carbons (Fsp3) is 0.250. The Labute approximate surface area is 83.0 Å². The van der Waals surface area contributed by atoms with Gasteiger partial charge in [-0.25, -0.2) is 0 Å². The van der Waals surface area contributed by atoms with Crippen molar-refractivity contribution in [1.29, 1.82) is 0 Å². The predicted molar refractivity (Wildman–Crippen MR) is 37.6 cm³/mol. The second-order valence-electron chi connectivity index (χ2n) is 2.23. The summed E-state index contributed by atoms with van der Waals surface area (Å²) < 4.78 is 0. The number of aliphatic carboxylic acids is 1. The molecule has 0 aromatic carbocycles. The second-order valence-corrected chi connectivity index (χ2v) is 2.23. The van der Waals surface area contributed by atoms with Gasteiger partial charge >= 0.3 is 18.9 Å². The summed E-state index contributed by atoms with van der Waals surface area (Å²) in [6.07, 6.45) is 3.87. The summed E-state index contributed by atoms with van der Waals surface area (Å²) in [6.45, 7) is 0. The van der Waals surface area contributed by atoms with Crippen LogP contribution in [0.3, 0.4) is 0 Å². The van der Waals surface area contributed by atoms with Crippen molar-refractivity contribution in [1.82, 2.24) is 4.98 Å². The molecule has 0 aliphatic heterocycles. The Morgan fingerprint density at radius 1 is 1.58 bits per heavy atom. The van der Waals surface area contributed by atoms with E-state index in [0.717, 1.165) is 5.56 Å². The summed E-state index contributed by atoms with van der Waals surface area (Å²) in [5.41, 5.74) is 0.928. The Morgan fingerprint density at radius 2 is 2.33 bits per heavy atom. The molecule has 0 saturated heterocycles. The van der Waals surface area contributed by atoms with Crippen molar-refractivity contribution in [3.05, 3.63) is 30.1 Å². The van der Waals surface area contributed by atoms with Crippen LogP contribution in [0.5, 0.6) is 0 Å². The van der Waals surface area contributed by atoms with Crippen LogP contribution < -0.4 is 24.0 Å². The maximum absolute atomic E-state index is 10.0. The van der Waals surface area contributed by atoms with E-state index in [1.54, 1.807) is 18.5 Å². The van der Waals surface area contributed by atoms with Crippen LogP contribution in [-0.4, -0.2) is 11.0 Å². The van der Waals surface area contributed by atoms with Crippen molar-refractivity contribution in [3.63, 3.8) is 0 Å². The second kappa shape index (κ2) is 5.82. The first-order chi connectivity index (χ1) is 5.29. The number of aryl methyl sites for hydroxylation is 1. The maximum Gasteiger partial charge on any atom is 1.00 e. The monoisotopic (exact) mass is 157 g/mol. The molecule has 0 atom stereocenters. The molecule has 0 radical (unpaired) electrons. The number of carbonyl (C=O) groups excluding carboxylic acids is 1. The van der Waals surface area contributed by atoms with Crippen molar-refractivity contribution in [2.45, 2.75) is 12.8 Å². The molecule has 1 heterocycles. The van der Waals surface area contributed by atoms with Crippen LogP contribution in [0.2, 0.25) is 0 Å². The Hall–Kier alpha value is -0.783. The van der Waals surface area contributed by atoms with Crippen molar-refractivity contribution in [2.75, 3.05) is 0 Å². The summed E-state index contributed by atoms with van der Waals surface area (Å²) in [7, 11) is 0. The zero-order valence-corrected chi connectivity index (χ0v) is 6.99. The van der Waals surface area contributed by atoms with E-state index in [0.29, 0.717) is 6.42 Å². The standard InChI is InChI=1S/C8H9NO2.Li/c10-8(11)4-3-7-2-1-5-9-6-7;/h1-2,5-6H,3-4H2,(H,10,11);/q;+1/p-1. The number of nitrogens with zero attached hydrogens (tertiary/aromatic N) is 1. The van der Waals surface area contributed by atoms with E-state index in [-0.39, 0.29) is 25.3 Å². The molecule has 1 rings (SSSR count). The van der Waals surface area contributed by atoms with Crippen molar-refractivity contribution >= 4 is 5.97 Å². The van der Waals surface area contributed by atoms with Gasteiger partial charge in [-0.2, -0.15) is 0 Å². The number of rotatable bonds is 3. The minimum atomic E-state index is -1.02. The van der Waals surface area contributed by atoms with E-state index in [4.69, 9.17) is 0 Å². The van der Waals surface area contributed by atoms with Gasteiger partial charge in [0.2, 0.25) is 0 Å². The average molecular weight is 157 g/mol. The minimum Gasteiger partial charge on any atom is -0.550 e. The van der Waals surface area contributed by atoms with Gasteiger partial charge in [-0.15, -0.1) is 0 Å². The topological polar surface area (TPSA) is 53.0 Å². The van der Waals surface area contributed by atoms with Gasteiger partial charge in [-0.3, -0.25) is 4.98 Å². The van der Waals surface area contributed by atoms with Crippen LogP contribution in [0, 0.1) is 0 Å². The first kappa shape index (κ1) is 11.2. The summed E-state index contributed by atoms with van der Waals surface area (Å²) in [5.74, 6) is -1.02. The molecule has 0 unspecified atom stereocenters. The summed E-state index contributed by atoms with van der Waals surface area (Å²) in [6, 6.07) is 3.63. The molecule has 0 spiro atoms. The van der Waals surface area contributed by atoms with Crippen LogP contribution >= 0.6 is 0 Å². The van der Waals surface area contributed by atoms with E-state index >= 15 is 0 Å². The molecule has 0 aliphatic carbocycles. The van der Waals surface area contributed by atoms with Gasteiger partial charge in [0.05, 0.1) is 0 Å². The van der Waals surface area contributed by atoms with Crippen molar-refractivity contribution < 1.29 is 28.8 Å². The van der Waals surface area contributed by atoms with Gasteiger partial charge in [0, 0.05) is 18.4 Å². The van der Waals surface area contributed by atoms with Gasteiger partial charge in [0.15, 0.2) is 0 Å². The van der Waals surface area contributed by atoms with E-state index < -0.39 is 5.97 Å². The fourth-order valence-electron chi connectivity index (χ4n) is 0.792. The zero-order valence-electron chi connectivity index (χ0n) is 6.99. The van der Waals surface area contributed by atoms with E-state index in [1.165, 1.54) is 0 Å². The number of carboxylic acid groups (broad SMARTS) is 1. The Kier molecular flexibility index (Phi) is 5.44. The van der Waals surface area contributed by atoms with Gasteiger partial charge in [-0.1, -0.05) is 6.07 Å². The Balaban J connectivity index is 0.00000121. The molecule has 0 saturated carbocycles. The fourth-order valence-corrected chi connectivity index (χ4v) is 0.792. The number of carbonyl (C=O) groups is 1. The van der Waals surface area contributed by atoms with Gasteiger partial charge < -0.3 is 9.90 Å². The Morgan fingerprint density at radius 3 is 2.83 bits per heavy atom. The molecule has 0 amide bonds. The van der Waals surface area contributed by atoms with E-state index in [9.17, 15) is 9.90 Å². The first-order valence-electron chi connectivity index (χ1n) is 3.38. The third kappa shape index (κ3) is 4.17. The molecule has 4 heteroatoms. The third-order valence-corrected chi connectivity index (χ3v) is 1.34. The number of pyridine rings is 1. The molecule has 0 N–H and O–H groups in total. The summed E-state index contributed by atoms with van der Waals surface area (Å²) in [5, 5.41) is 10.0. The number of aromatic nitrogens is 1. The predicted octanol–water partition coefficient (Wildman–Crippen LogP) is -3.23. The molecular weight excluding hydrogens is 149 g/mol. The van der Waals surface area contributed by atoms with Gasteiger partial charge in [-0.05, 0) is 24.5 Å². The van der Waals surface area contributed by atoms with E-state index in [1.807, 2.05) is 6.07 Å². The van der Waals surface area contributed by atoms with Gasteiger partial charge in [0.25, 0.3) is 0 Å². The van der Waals surface area contributed by atoms with Crippen LogP contribution in [-0.2, 0) is 11.2 Å². The molecule has 0 bridgehead atoms. The first-order valence-corrected chi connectivity index (χ1v) is 3.38.